The Hall–Kier alpha value is -13.4. The van der Waals surface area contributed by atoms with E-state index in [1.165, 1.54) is 93.0 Å². The average Bonchev–Trinajstić information content (AvgIpc) is 1.65. The summed E-state index contributed by atoms with van der Waals surface area (Å²) in [4.78, 5) is 15.6. The lowest BCUT2D eigenvalue weighted by Gasteiger charge is -2.13. The van der Waals surface area contributed by atoms with Gasteiger partial charge in [0.15, 0.2) is 5.82 Å². The molecule has 0 saturated heterocycles. The molecular formula is C96H65N5. The van der Waals surface area contributed by atoms with Crippen LogP contribution in [0, 0.1) is 6.92 Å². The molecule has 0 fully saturated rings. The average molecular weight is 1290 g/mol. The minimum absolute atomic E-state index is 0.705. The Morgan fingerprint density at radius 1 is 0.198 bits per heavy atom. The Morgan fingerprint density at radius 2 is 0.515 bits per heavy atom. The van der Waals surface area contributed by atoms with Gasteiger partial charge in [-0.05, 0) is 146 Å². The summed E-state index contributed by atoms with van der Waals surface area (Å²) in [5.41, 5.74) is 26.9. The molecule has 0 amide bonds. The zero-order valence-electron chi connectivity index (χ0n) is 55.5. The highest BCUT2D eigenvalue weighted by Gasteiger charge is 2.18. The van der Waals surface area contributed by atoms with Crippen LogP contribution in [-0.4, -0.2) is 24.1 Å². The summed E-state index contributed by atoms with van der Waals surface area (Å²) in [6, 6.07) is 134. The maximum atomic E-state index is 5.21. The molecule has 0 spiro atoms. The first kappa shape index (κ1) is 60.1. The van der Waals surface area contributed by atoms with E-state index in [0.29, 0.717) is 5.82 Å². The van der Waals surface area contributed by atoms with E-state index in [0.717, 1.165) is 84.2 Å². The second-order valence-corrected chi connectivity index (χ2v) is 25.9. The minimum Gasteiger partial charge on any atom is -0.309 e. The van der Waals surface area contributed by atoms with Gasteiger partial charge in [0.05, 0.1) is 44.8 Å². The van der Waals surface area contributed by atoms with Gasteiger partial charge in [0.2, 0.25) is 0 Å². The maximum absolute atomic E-state index is 5.21. The fourth-order valence-electron chi connectivity index (χ4n) is 14.7. The highest BCUT2D eigenvalue weighted by molar-refractivity contribution is 6.10. The van der Waals surface area contributed by atoms with Gasteiger partial charge in [-0.3, -0.25) is 0 Å². The first-order valence-electron chi connectivity index (χ1n) is 34.5. The molecule has 0 aliphatic heterocycles. The number of hydrogen-bond donors (Lipinski definition) is 0. The van der Waals surface area contributed by atoms with E-state index in [2.05, 4.69) is 392 Å². The van der Waals surface area contributed by atoms with Crippen molar-refractivity contribution in [2.75, 3.05) is 0 Å². The molecule has 4 heterocycles. The molecular weight excluding hydrogens is 1220 g/mol. The van der Waals surface area contributed by atoms with E-state index >= 15 is 0 Å². The molecule has 0 N–H and O–H groups in total. The van der Waals surface area contributed by atoms with E-state index in [4.69, 9.17) is 15.0 Å². The van der Waals surface area contributed by atoms with E-state index in [9.17, 15) is 0 Å². The van der Waals surface area contributed by atoms with Crippen molar-refractivity contribution in [2.24, 2.45) is 0 Å². The minimum atomic E-state index is 0.705. The van der Waals surface area contributed by atoms with Gasteiger partial charge in [0, 0.05) is 60.7 Å². The van der Waals surface area contributed by atoms with Crippen molar-refractivity contribution in [2.45, 2.75) is 6.92 Å². The van der Waals surface area contributed by atoms with Crippen molar-refractivity contribution < 1.29 is 0 Å². The molecule has 0 unspecified atom stereocenters. The number of benzene rings is 15. The molecule has 19 rings (SSSR count). The van der Waals surface area contributed by atoms with Gasteiger partial charge in [-0.1, -0.05) is 309 Å². The summed E-state index contributed by atoms with van der Waals surface area (Å²) in [5.74, 6) is 0.705. The molecule has 474 valence electrons. The van der Waals surface area contributed by atoms with Gasteiger partial charge < -0.3 is 9.13 Å². The molecule has 0 bridgehead atoms. The van der Waals surface area contributed by atoms with Gasteiger partial charge in [0.1, 0.15) is 0 Å². The summed E-state index contributed by atoms with van der Waals surface area (Å²) in [6.07, 6.45) is 0. The lowest BCUT2D eigenvalue weighted by molar-refractivity contribution is 1.18. The smallest absolute Gasteiger partial charge is 0.160 e. The predicted octanol–water partition coefficient (Wildman–Crippen LogP) is 25.4. The van der Waals surface area contributed by atoms with Crippen molar-refractivity contribution in [1.29, 1.82) is 0 Å². The van der Waals surface area contributed by atoms with Crippen LogP contribution in [-0.2, 0) is 0 Å². The lowest BCUT2D eigenvalue weighted by atomic mass is 9.96. The molecule has 0 atom stereocenters. The normalized spacial score (nSPS) is 11.4. The third-order valence-electron chi connectivity index (χ3n) is 19.7. The van der Waals surface area contributed by atoms with Gasteiger partial charge in [-0.2, -0.15) is 0 Å². The number of aryl methyl sites for hydroxylation is 1. The fraction of sp³-hybridized carbons (Fsp3) is 0.0104. The molecule has 0 saturated carbocycles. The van der Waals surface area contributed by atoms with Crippen molar-refractivity contribution in [3.05, 3.63) is 382 Å². The second-order valence-electron chi connectivity index (χ2n) is 25.9. The first-order chi connectivity index (χ1) is 50.0. The van der Waals surface area contributed by atoms with Gasteiger partial charge in [0.25, 0.3) is 0 Å². The maximum Gasteiger partial charge on any atom is 0.160 e. The van der Waals surface area contributed by atoms with Crippen molar-refractivity contribution in [3.8, 4) is 112 Å². The molecule has 0 radical (unpaired) electrons. The van der Waals surface area contributed by atoms with Crippen LogP contribution in [0.25, 0.3) is 177 Å². The number of nitrogens with zero attached hydrogens (tertiary/aromatic N) is 5. The fourth-order valence-corrected chi connectivity index (χ4v) is 14.7. The molecule has 0 aliphatic rings. The highest BCUT2D eigenvalue weighted by Crippen LogP contribution is 2.40. The van der Waals surface area contributed by atoms with Crippen LogP contribution in [0.15, 0.2) is 376 Å². The van der Waals surface area contributed by atoms with E-state index < -0.39 is 0 Å². The quantitative estimate of drug-likeness (QED) is 0.130. The van der Waals surface area contributed by atoms with Crippen LogP contribution in [0.3, 0.4) is 0 Å². The van der Waals surface area contributed by atoms with Gasteiger partial charge in [-0.15, -0.1) is 0 Å². The lowest BCUT2D eigenvalue weighted by Crippen LogP contribution is -1.97. The number of rotatable bonds is 11. The molecule has 0 aliphatic carbocycles. The SMILES string of the molecule is Cc1cccc(-c2cc(-c3ccc(-c4ccc(-n5c6ccccc6c6ccccc65)cc4)cc3)cc(-c3ccc(-c4ccccc4)cc3)n2)c1.c1ccc2c(-c3cc(-c4cccc5ccccc45)nc(-c4ccc(-c5ccc(-n6c7ccccc7c7ccccc76)cc5)cc4)n3)cccc2c1. The number of pyridine rings is 1. The number of aromatic nitrogens is 5. The van der Waals surface area contributed by atoms with Crippen LogP contribution in [0.4, 0.5) is 0 Å². The van der Waals surface area contributed by atoms with Crippen molar-refractivity contribution in [3.63, 3.8) is 0 Å². The number of para-hydroxylation sites is 4. The van der Waals surface area contributed by atoms with Crippen LogP contribution in [0.5, 0.6) is 0 Å². The molecule has 5 heteroatoms. The molecule has 19 aromatic rings. The third kappa shape index (κ3) is 11.5. The van der Waals surface area contributed by atoms with Gasteiger partial charge in [-0.25, -0.2) is 15.0 Å². The third-order valence-corrected chi connectivity index (χ3v) is 19.7. The van der Waals surface area contributed by atoms with E-state index in [1.54, 1.807) is 0 Å². The van der Waals surface area contributed by atoms with Crippen molar-refractivity contribution in [1.82, 2.24) is 24.1 Å². The summed E-state index contributed by atoms with van der Waals surface area (Å²) >= 11 is 0. The zero-order chi connectivity index (χ0) is 67.2. The number of hydrogen-bond acceptors (Lipinski definition) is 3. The molecule has 5 nitrogen and oxygen atoms in total. The monoisotopic (exact) mass is 1290 g/mol. The Labute approximate surface area is 586 Å². The Balaban J connectivity index is 0.000000145. The second kappa shape index (κ2) is 25.9. The van der Waals surface area contributed by atoms with E-state index in [-0.39, 0.29) is 0 Å². The summed E-state index contributed by atoms with van der Waals surface area (Å²) in [6.45, 7) is 2.13. The molecule has 15 aromatic carbocycles. The van der Waals surface area contributed by atoms with Crippen LogP contribution in [0.2, 0.25) is 0 Å². The Bertz CT molecular complexity index is 6070. The highest BCUT2D eigenvalue weighted by atomic mass is 15.0. The topological polar surface area (TPSA) is 48.5 Å². The van der Waals surface area contributed by atoms with Crippen molar-refractivity contribution >= 4 is 65.2 Å². The standard InChI is InChI=1S/C48H31N3.C48H34N2/c1-3-15-38-34(11-1)13-9-19-40(38)44-31-45(41-20-10-14-35-12-2-4-16-39(35)41)50-48(49-44)36-25-23-32(24-26-36)33-27-29-37(30-28-33)51-46-21-7-5-17-42(46)43-18-6-8-22-47(43)51;1-33-10-9-13-40(30-33)46-32-41(31-45(49-46)39-24-22-35(23-25-39)34-11-3-2-4-12-34)38-20-18-36(19-21-38)37-26-28-42(29-27-37)50-47-16-7-5-14-43(47)44-15-6-8-17-48(44)50/h1-31H;2-32H,1H3. The predicted molar refractivity (Wildman–Crippen MR) is 424 cm³/mol. The molecule has 101 heavy (non-hydrogen) atoms. The Kier molecular flexibility index (Phi) is 15.4. The number of fused-ring (bicyclic) bond motifs is 8. The summed E-state index contributed by atoms with van der Waals surface area (Å²) < 4.78 is 4.71. The Morgan fingerprint density at radius 3 is 0.950 bits per heavy atom. The summed E-state index contributed by atoms with van der Waals surface area (Å²) in [7, 11) is 0. The van der Waals surface area contributed by atoms with Crippen LogP contribution >= 0.6 is 0 Å². The first-order valence-corrected chi connectivity index (χ1v) is 34.5. The molecule has 4 aromatic heterocycles. The van der Waals surface area contributed by atoms with E-state index in [1.807, 2.05) is 0 Å². The summed E-state index contributed by atoms with van der Waals surface area (Å²) in [5, 5.41) is 9.81. The van der Waals surface area contributed by atoms with Gasteiger partial charge >= 0.3 is 0 Å². The van der Waals surface area contributed by atoms with Crippen LogP contribution < -0.4 is 0 Å². The largest absolute Gasteiger partial charge is 0.309 e. The van der Waals surface area contributed by atoms with Crippen LogP contribution in [0.1, 0.15) is 5.56 Å². The zero-order valence-corrected chi connectivity index (χ0v) is 55.5.